The van der Waals surface area contributed by atoms with E-state index in [1.807, 2.05) is 18.3 Å². The van der Waals surface area contributed by atoms with Crippen molar-refractivity contribution >= 4 is 5.82 Å². The minimum atomic E-state index is -0.0902. The van der Waals surface area contributed by atoms with E-state index in [2.05, 4.69) is 57.2 Å². The van der Waals surface area contributed by atoms with Gasteiger partial charge in [-0.25, -0.2) is 4.98 Å². The standard InChI is InChI=1S/C24H29N5O/c1-19-7-9-20(10-8-19)24(11-3-4-12-24)23-26-22(30-27-23)18-28-14-16-29(17-15-28)21-6-2-5-13-25-21/h2,5-10,13H,3-4,11-12,14-18H2,1H3. The van der Waals surface area contributed by atoms with Crippen LogP contribution in [0.25, 0.3) is 0 Å². The molecule has 30 heavy (non-hydrogen) atoms. The van der Waals surface area contributed by atoms with Gasteiger partial charge in [0.05, 0.1) is 12.0 Å². The second-order valence-electron chi connectivity index (χ2n) is 8.62. The van der Waals surface area contributed by atoms with Crippen molar-refractivity contribution in [3.05, 3.63) is 71.5 Å². The van der Waals surface area contributed by atoms with Crippen molar-refractivity contribution in [3.8, 4) is 0 Å². The molecule has 5 rings (SSSR count). The van der Waals surface area contributed by atoms with E-state index in [1.54, 1.807) is 0 Å². The second kappa shape index (κ2) is 8.19. The van der Waals surface area contributed by atoms with Gasteiger partial charge in [-0.15, -0.1) is 0 Å². The highest BCUT2D eigenvalue weighted by atomic mass is 16.5. The molecule has 6 nitrogen and oxygen atoms in total. The fourth-order valence-corrected chi connectivity index (χ4v) is 4.87. The number of aromatic nitrogens is 3. The topological polar surface area (TPSA) is 58.3 Å². The van der Waals surface area contributed by atoms with Crippen molar-refractivity contribution in [2.75, 3.05) is 31.1 Å². The number of nitrogens with zero attached hydrogens (tertiary/aromatic N) is 5. The normalized spacial score (nSPS) is 19.3. The lowest BCUT2D eigenvalue weighted by Crippen LogP contribution is -2.46. The largest absolute Gasteiger partial charge is 0.354 e. The minimum Gasteiger partial charge on any atom is -0.354 e. The zero-order valence-electron chi connectivity index (χ0n) is 17.6. The minimum absolute atomic E-state index is 0.0902. The molecule has 2 aromatic heterocycles. The van der Waals surface area contributed by atoms with Gasteiger partial charge >= 0.3 is 0 Å². The molecular formula is C24H29N5O. The maximum absolute atomic E-state index is 5.73. The van der Waals surface area contributed by atoms with Gasteiger partial charge in [0.2, 0.25) is 5.89 Å². The summed E-state index contributed by atoms with van der Waals surface area (Å²) in [6.45, 7) is 6.71. The molecule has 0 spiro atoms. The Balaban J connectivity index is 1.27. The van der Waals surface area contributed by atoms with E-state index in [-0.39, 0.29) is 5.41 Å². The Kier molecular flexibility index (Phi) is 5.25. The maximum Gasteiger partial charge on any atom is 0.240 e. The molecule has 0 radical (unpaired) electrons. The molecule has 0 amide bonds. The van der Waals surface area contributed by atoms with Crippen LogP contribution in [-0.2, 0) is 12.0 Å². The van der Waals surface area contributed by atoms with E-state index < -0.39 is 0 Å². The summed E-state index contributed by atoms with van der Waals surface area (Å²) in [5.74, 6) is 2.65. The number of rotatable bonds is 5. The molecule has 2 aliphatic rings. The molecule has 0 N–H and O–H groups in total. The SMILES string of the molecule is Cc1ccc(C2(c3noc(CN4CCN(c5ccccn5)CC4)n3)CCCC2)cc1. The molecule has 2 fully saturated rings. The lowest BCUT2D eigenvalue weighted by atomic mass is 9.78. The summed E-state index contributed by atoms with van der Waals surface area (Å²) in [6.07, 6.45) is 6.48. The average Bonchev–Trinajstić information content (AvgIpc) is 3.46. The van der Waals surface area contributed by atoms with Crippen LogP contribution in [0.5, 0.6) is 0 Å². The Morgan fingerprint density at radius 3 is 2.43 bits per heavy atom. The molecular weight excluding hydrogens is 374 g/mol. The number of benzene rings is 1. The zero-order chi connectivity index (χ0) is 20.4. The van der Waals surface area contributed by atoms with Gasteiger partial charge < -0.3 is 9.42 Å². The smallest absolute Gasteiger partial charge is 0.240 e. The predicted molar refractivity (Wildman–Crippen MR) is 116 cm³/mol. The third kappa shape index (κ3) is 3.72. The van der Waals surface area contributed by atoms with E-state index in [0.717, 1.165) is 56.6 Å². The predicted octanol–water partition coefficient (Wildman–Crippen LogP) is 3.96. The number of pyridine rings is 1. The summed E-state index contributed by atoms with van der Waals surface area (Å²) < 4.78 is 5.73. The van der Waals surface area contributed by atoms with Crippen LogP contribution in [0.4, 0.5) is 5.82 Å². The Bertz CT molecular complexity index is 955. The highest BCUT2D eigenvalue weighted by molar-refractivity contribution is 5.38. The zero-order valence-corrected chi connectivity index (χ0v) is 17.6. The van der Waals surface area contributed by atoms with Gasteiger partial charge in [-0.2, -0.15) is 4.98 Å². The Morgan fingerprint density at radius 2 is 1.73 bits per heavy atom. The fraction of sp³-hybridized carbons (Fsp3) is 0.458. The molecule has 156 valence electrons. The first-order chi connectivity index (χ1) is 14.7. The second-order valence-corrected chi connectivity index (χ2v) is 8.62. The van der Waals surface area contributed by atoms with Crippen LogP contribution >= 0.6 is 0 Å². The molecule has 0 atom stereocenters. The van der Waals surface area contributed by atoms with E-state index in [9.17, 15) is 0 Å². The lowest BCUT2D eigenvalue weighted by molar-refractivity contribution is 0.214. The van der Waals surface area contributed by atoms with Gasteiger partial charge in [-0.05, 0) is 37.5 Å². The van der Waals surface area contributed by atoms with Crippen LogP contribution in [-0.4, -0.2) is 46.2 Å². The highest BCUT2D eigenvalue weighted by Gasteiger charge is 2.41. The third-order valence-electron chi connectivity index (χ3n) is 6.66. The monoisotopic (exact) mass is 403 g/mol. The Labute approximate surface area is 177 Å². The van der Waals surface area contributed by atoms with Crippen LogP contribution in [0.1, 0.15) is 48.5 Å². The first-order valence-electron chi connectivity index (χ1n) is 11.0. The quantitative estimate of drug-likeness (QED) is 0.643. The maximum atomic E-state index is 5.73. The lowest BCUT2D eigenvalue weighted by Gasteiger charge is -2.34. The molecule has 1 aliphatic carbocycles. The third-order valence-corrected chi connectivity index (χ3v) is 6.66. The fourth-order valence-electron chi connectivity index (χ4n) is 4.87. The van der Waals surface area contributed by atoms with Crippen LogP contribution in [0, 0.1) is 6.92 Å². The van der Waals surface area contributed by atoms with Crippen LogP contribution in [0.15, 0.2) is 53.2 Å². The molecule has 0 bridgehead atoms. The number of aryl methyl sites for hydroxylation is 1. The average molecular weight is 404 g/mol. The first kappa shape index (κ1) is 19.2. The highest BCUT2D eigenvalue weighted by Crippen LogP contribution is 2.45. The van der Waals surface area contributed by atoms with Gasteiger partial charge in [-0.3, -0.25) is 4.90 Å². The van der Waals surface area contributed by atoms with E-state index >= 15 is 0 Å². The molecule has 1 aromatic carbocycles. The Hall–Kier alpha value is -2.73. The molecule has 6 heteroatoms. The van der Waals surface area contributed by atoms with Crippen molar-refractivity contribution < 1.29 is 4.52 Å². The van der Waals surface area contributed by atoms with Crippen molar-refractivity contribution in [2.24, 2.45) is 0 Å². The van der Waals surface area contributed by atoms with Crippen LogP contribution in [0.3, 0.4) is 0 Å². The molecule has 3 aromatic rings. The van der Waals surface area contributed by atoms with Crippen molar-refractivity contribution in [3.63, 3.8) is 0 Å². The summed E-state index contributed by atoms with van der Waals surface area (Å²) in [4.78, 5) is 14.1. The molecule has 1 aliphatic heterocycles. The van der Waals surface area contributed by atoms with E-state index in [4.69, 9.17) is 9.51 Å². The van der Waals surface area contributed by atoms with E-state index in [0.29, 0.717) is 6.54 Å². The molecule has 0 unspecified atom stereocenters. The summed E-state index contributed by atoms with van der Waals surface area (Å²) >= 11 is 0. The van der Waals surface area contributed by atoms with Gasteiger partial charge in [0.1, 0.15) is 5.82 Å². The molecule has 3 heterocycles. The van der Waals surface area contributed by atoms with Gasteiger partial charge in [0.25, 0.3) is 0 Å². The first-order valence-corrected chi connectivity index (χ1v) is 11.0. The van der Waals surface area contributed by atoms with Gasteiger partial charge in [-0.1, -0.05) is 53.9 Å². The van der Waals surface area contributed by atoms with Crippen molar-refractivity contribution in [2.45, 2.75) is 44.6 Å². The summed E-state index contributed by atoms with van der Waals surface area (Å²) in [6, 6.07) is 14.9. The van der Waals surface area contributed by atoms with Crippen LogP contribution in [0.2, 0.25) is 0 Å². The number of piperazine rings is 1. The Morgan fingerprint density at radius 1 is 0.967 bits per heavy atom. The van der Waals surface area contributed by atoms with Gasteiger partial charge in [0, 0.05) is 32.4 Å². The molecule has 1 saturated carbocycles. The number of anilines is 1. The number of hydrogen-bond acceptors (Lipinski definition) is 6. The van der Waals surface area contributed by atoms with E-state index in [1.165, 1.54) is 24.0 Å². The van der Waals surface area contributed by atoms with Crippen LogP contribution < -0.4 is 4.90 Å². The van der Waals surface area contributed by atoms with Gasteiger partial charge in [0.15, 0.2) is 5.82 Å². The van der Waals surface area contributed by atoms with Crippen molar-refractivity contribution in [1.29, 1.82) is 0 Å². The summed E-state index contributed by atoms with van der Waals surface area (Å²) in [7, 11) is 0. The van der Waals surface area contributed by atoms with Crippen molar-refractivity contribution in [1.82, 2.24) is 20.0 Å². The summed E-state index contributed by atoms with van der Waals surface area (Å²) in [5, 5.41) is 4.46. The number of hydrogen-bond donors (Lipinski definition) is 0. The summed E-state index contributed by atoms with van der Waals surface area (Å²) in [5.41, 5.74) is 2.51. The molecule has 1 saturated heterocycles.